The molecule has 0 aromatic carbocycles. The van der Waals surface area contributed by atoms with Crippen molar-refractivity contribution in [3.63, 3.8) is 0 Å². The van der Waals surface area contributed by atoms with Crippen LogP contribution in [0.4, 0.5) is 0 Å². The first-order valence-corrected chi connectivity index (χ1v) is 15.7. The second-order valence-electron chi connectivity index (χ2n) is 12.4. The number of hydrogen-bond donors (Lipinski definition) is 3. The highest BCUT2D eigenvalue weighted by atomic mass is 16.1. The van der Waals surface area contributed by atoms with Crippen LogP contribution in [0.1, 0.15) is 98.3 Å². The van der Waals surface area contributed by atoms with Crippen molar-refractivity contribution in [3.05, 3.63) is 47.2 Å². The molecule has 0 aromatic heterocycles. The maximum atomic E-state index is 12.8. The van der Waals surface area contributed by atoms with Gasteiger partial charge in [0.2, 0.25) is 0 Å². The van der Waals surface area contributed by atoms with E-state index in [9.17, 15) is 4.79 Å². The van der Waals surface area contributed by atoms with Crippen molar-refractivity contribution in [2.45, 2.75) is 110 Å². The molecule has 2 heterocycles. The van der Waals surface area contributed by atoms with Crippen LogP contribution in [0.25, 0.3) is 0 Å². The Kier molecular flexibility index (Phi) is 10.6. The maximum absolute atomic E-state index is 12.8. The summed E-state index contributed by atoms with van der Waals surface area (Å²) >= 11 is 0. The molecule has 4 aliphatic rings. The summed E-state index contributed by atoms with van der Waals surface area (Å²) in [6.07, 6.45) is 18.4. The molecule has 4 rings (SSSR count). The van der Waals surface area contributed by atoms with Gasteiger partial charge < -0.3 is 16.0 Å². The van der Waals surface area contributed by atoms with E-state index >= 15 is 0 Å². The number of rotatable bonds is 10. The number of hydrogen-bond acceptors (Lipinski definition) is 5. The van der Waals surface area contributed by atoms with Crippen molar-refractivity contribution in [1.29, 1.82) is 5.41 Å². The fraction of sp³-hybridized carbons (Fsp3) is 0.676. The van der Waals surface area contributed by atoms with Gasteiger partial charge in [-0.3, -0.25) is 9.79 Å². The van der Waals surface area contributed by atoms with Crippen LogP contribution in [0.3, 0.4) is 0 Å². The van der Waals surface area contributed by atoms with Crippen LogP contribution in [0.15, 0.2) is 52.2 Å². The molecule has 0 spiro atoms. The Balaban J connectivity index is 1.37. The third-order valence-corrected chi connectivity index (χ3v) is 9.93. The molecule has 4 atom stereocenters. The van der Waals surface area contributed by atoms with Gasteiger partial charge in [-0.2, -0.15) is 0 Å². The van der Waals surface area contributed by atoms with Crippen LogP contribution in [-0.4, -0.2) is 42.4 Å². The summed E-state index contributed by atoms with van der Waals surface area (Å²) in [7, 11) is 0. The number of dihydropyridines is 1. The average Bonchev–Trinajstić information content (AvgIpc) is 3.50. The zero-order valence-electron chi connectivity index (χ0n) is 25.0. The van der Waals surface area contributed by atoms with E-state index in [-0.39, 0.29) is 23.8 Å². The molecule has 3 fully saturated rings. The van der Waals surface area contributed by atoms with Gasteiger partial charge in [0.05, 0.1) is 17.8 Å². The number of ketones is 1. The number of likely N-dealkylation sites (N-methyl/N-ethyl adjacent to an activating group) is 1. The second-order valence-corrected chi connectivity index (χ2v) is 12.4. The third-order valence-electron chi connectivity index (χ3n) is 9.93. The zero-order valence-corrected chi connectivity index (χ0v) is 25.0. The summed E-state index contributed by atoms with van der Waals surface area (Å²) in [5.41, 5.74) is 7.32. The number of carbonyl (C=O) groups excluding carboxylic acids is 1. The number of nitrogens with zero attached hydrogens (tertiary/aromatic N) is 1. The van der Waals surface area contributed by atoms with E-state index in [4.69, 9.17) is 10.4 Å². The maximum Gasteiger partial charge on any atom is 0.193 e. The number of nitrogens with one attached hydrogen (secondary N) is 3. The van der Waals surface area contributed by atoms with Crippen molar-refractivity contribution >= 4 is 17.2 Å². The molecule has 2 aliphatic heterocycles. The lowest BCUT2D eigenvalue weighted by Gasteiger charge is -2.36. The Hall–Kier alpha value is -2.27. The summed E-state index contributed by atoms with van der Waals surface area (Å²) in [5.74, 6) is 1.86. The second kappa shape index (κ2) is 13.9. The highest BCUT2D eigenvalue weighted by molar-refractivity contribution is 6.41. The first-order chi connectivity index (χ1) is 18.8. The molecule has 3 N–H and O–H groups in total. The average molecular weight is 533 g/mol. The lowest BCUT2D eigenvalue weighted by atomic mass is 9.69. The molecule has 39 heavy (non-hydrogen) atoms. The molecule has 5 nitrogen and oxygen atoms in total. The normalized spacial score (nSPS) is 32.5. The summed E-state index contributed by atoms with van der Waals surface area (Å²) < 4.78 is 0. The lowest BCUT2D eigenvalue weighted by Crippen LogP contribution is -2.39. The van der Waals surface area contributed by atoms with Crippen LogP contribution in [0, 0.1) is 29.1 Å². The highest BCUT2D eigenvalue weighted by Gasteiger charge is 2.34. The van der Waals surface area contributed by atoms with Crippen molar-refractivity contribution in [1.82, 2.24) is 10.6 Å². The minimum atomic E-state index is -0.109. The van der Waals surface area contributed by atoms with Crippen LogP contribution < -0.4 is 10.6 Å². The first-order valence-electron chi connectivity index (χ1n) is 15.7. The van der Waals surface area contributed by atoms with Gasteiger partial charge >= 0.3 is 0 Å². The Morgan fingerprint density at radius 2 is 1.92 bits per heavy atom. The van der Waals surface area contributed by atoms with Crippen molar-refractivity contribution in [2.24, 2.45) is 28.7 Å². The van der Waals surface area contributed by atoms with Gasteiger partial charge in [0.1, 0.15) is 0 Å². The summed E-state index contributed by atoms with van der Waals surface area (Å²) in [6, 6.07) is 0.109. The fourth-order valence-corrected chi connectivity index (χ4v) is 7.49. The molecule has 2 aliphatic carbocycles. The van der Waals surface area contributed by atoms with Crippen LogP contribution >= 0.6 is 0 Å². The minimum absolute atomic E-state index is 0.0530. The zero-order chi connectivity index (χ0) is 27.9. The van der Waals surface area contributed by atoms with Gasteiger partial charge in [-0.25, -0.2) is 0 Å². The standard InChI is InChI=1S/C34H52N4O/c1-6-25(26-15-17-27(18-16-26)32(35)34(39)31-12-9-19-37-31)20-29-21-28(14-13-22(29)3)24(5)33(36-7-2)30-11-8-10-23(4)38-30/h6,8,10,26-31,35-37H,3,7,9,11-21H2,1-2,4-5H3/b25-6+,33-24+,35-32?/t26?,27?,28?,29?,30?,31-/m1/s1. The lowest BCUT2D eigenvalue weighted by molar-refractivity contribution is -0.114. The summed E-state index contributed by atoms with van der Waals surface area (Å²) in [6.45, 7) is 15.2. The smallest absolute Gasteiger partial charge is 0.193 e. The molecule has 2 saturated carbocycles. The predicted molar refractivity (Wildman–Crippen MR) is 165 cm³/mol. The topological polar surface area (TPSA) is 77.3 Å². The fourth-order valence-electron chi connectivity index (χ4n) is 7.49. The number of allylic oxidation sites excluding steroid dienone is 5. The van der Waals surface area contributed by atoms with E-state index in [1.165, 1.54) is 29.7 Å². The van der Waals surface area contributed by atoms with Gasteiger partial charge in [-0.1, -0.05) is 29.9 Å². The molecular formula is C34H52N4O. The number of carbonyl (C=O) groups is 1. The van der Waals surface area contributed by atoms with Crippen LogP contribution in [-0.2, 0) is 4.79 Å². The van der Waals surface area contributed by atoms with E-state index in [2.05, 4.69) is 63.1 Å². The largest absolute Gasteiger partial charge is 0.387 e. The van der Waals surface area contributed by atoms with E-state index in [0.29, 0.717) is 23.5 Å². The molecule has 0 bridgehead atoms. The van der Waals surface area contributed by atoms with Crippen molar-refractivity contribution < 1.29 is 4.79 Å². The Bertz CT molecular complexity index is 1030. The van der Waals surface area contributed by atoms with Crippen molar-refractivity contribution in [2.75, 3.05) is 13.1 Å². The predicted octanol–water partition coefficient (Wildman–Crippen LogP) is 7.12. The SMILES string of the molecule is C=C1CCC(/C(C)=C(/NCC)C2CC=CC(C)=N2)CC1C/C(=C\C)C1CCC(C(=N)C(=O)[C@H]2CCCN2)CC1. The molecule has 5 heteroatoms. The van der Waals surface area contributed by atoms with Gasteiger partial charge in [-0.05, 0) is 134 Å². The molecule has 214 valence electrons. The van der Waals surface area contributed by atoms with Crippen LogP contribution in [0.5, 0.6) is 0 Å². The summed E-state index contributed by atoms with van der Waals surface area (Å²) in [4.78, 5) is 17.7. The monoisotopic (exact) mass is 532 g/mol. The summed E-state index contributed by atoms with van der Waals surface area (Å²) in [5, 5.41) is 15.6. The van der Waals surface area contributed by atoms with Gasteiger partial charge in [0.25, 0.3) is 0 Å². The van der Waals surface area contributed by atoms with E-state index < -0.39 is 0 Å². The minimum Gasteiger partial charge on any atom is -0.387 e. The molecule has 3 unspecified atom stereocenters. The number of Topliss-reactive ketones (excluding diaryl/α,β-unsaturated/α-hetero) is 1. The molecule has 1 saturated heterocycles. The molecule has 0 amide bonds. The third kappa shape index (κ3) is 7.28. The van der Waals surface area contributed by atoms with E-state index in [0.717, 1.165) is 76.6 Å². The van der Waals surface area contributed by atoms with Gasteiger partial charge in [0.15, 0.2) is 5.78 Å². The molecular weight excluding hydrogens is 480 g/mol. The molecule has 0 aromatic rings. The van der Waals surface area contributed by atoms with Gasteiger partial charge in [0, 0.05) is 23.9 Å². The quantitative estimate of drug-likeness (QED) is 0.207. The van der Waals surface area contributed by atoms with E-state index in [1.807, 2.05) is 0 Å². The number of aliphatic imine (C=N–C) groups is 1. The Morgan fingerprint density at radius 1 is 1.18 bits per heavy atom. The Labute approximate surface area is 237 Å². The van der Waals surface area contributed by atoms with Crippen molar-refractivity contribution in [3.8, 4) is 0 Å². The van der Waals surface area contributed by atoms with Crippen LogP contribution in [0.2, 0.25) is 0 Å². The highest BCUT2D eigenvalue weighted by Crippen LogP contribution is 2.43. The first kappa shape index (κ1) is 29.7. The van der Waals surface area contributed by atoms with Gasteiger partial charge in [-0.15, -0.1) is 0 Å². The Morgan fingerprint density at radius 3 is 2.56 bits per heavy atom. The molecule has 0 radical (unpaired) electrons. The van der Waals surface area contributed by atoms with E-state index in [1.54, 1.807) is 5.57 Å².